The molecule has 3 aliphatic rings. The normalized spacial score (nSPS) is 34.7. The molecule has 1 heterocycles. The summed E-state index contributed by atoms with van der Waals surface area (Å²) in [6, 6.07) is 1.32. The van der Waals surface area contributed by atoms with E-state index >= 15 is 0 Å². The molecule has 3 fully saturated rings. The van der Waals surface area contributed by atoms with Gasteiger partial charge in [0, 0.05) is 30.7 Å². The Bertz CT molecular complexity index is 328. The molecule has 0 bridgehead atoms. The van der Waals surface area contributed by atoms with Gasteiger partial charge in [-0.25, -0.2) is 0 Å². The van der Waals surface area contributed by atoms with Gasteiger partial charge < -0.3 is 20.2 Å². The molecule has 0 aromatic heterocycles. The lowest BCUT2D eigenvalue weighted by Gasteiger charge is -2.44. The van der Waals surface area contributed by atoms with Crippen molar-refractivity contribution in [2.75, 3.05) is 39.8 Å². The van der Waals surface area contributed by atoms with Crippen LogP contribution in [0.2, 0.25) is 0 Å². The second-order valence-corrected chi connectivity index (χ2v) is 7.64. The van der Waals surface area contributed by atoms with Gasteiger partial charge in [-0.3, -0.25) is 0 Å². The SMILES string of the molecule is CN(CCN1CCCC1)C1CCCC(CO)(NC2CC2)C1. The Morgan fingerprint density at radius 2 is 1.95 bits per heavy atom. The summed E-state index contributed by atoms with van der Waals surface area (Å²) in [5, 5.41) is 13.7. The van der Waals surface area contributed by atoms with Crippen molar-refractivity contribution in [2.45, 2.75) is 69.0 Å². The molecule has 0 radical (unpaired) electrons. The van der Waals surface area contributed by atoms with Gasteiger partial charge in [0.1, 0.15) is 0 Å². The molecule has 4 heteroatoms. The molecule has 0 aromatic carbocycles. The van der Waals surface area contributed by atoms with E-state index in [1.54, 1.807) is 0 Å². The molecule has 4 nitrogen and oxygen atoms in total. The lowest BCUT2D eigenvalue weighted by atomic mass is 9.78. The van der Waals surface area contributed by atoms with E-state index in [9.17, 15) is 5.11 Å². The van der Waals surface area contributed by atoms with Crippen molar-refractivity contribution in [3.63, 3.8) is 0 Å². The Hall–Kier alpha value is -0.160. The van der Waals surface area contributed by atoms with E-state index in [0.717, 1.165) is 12.8 Å². The molecule has 2 aliphatic carbocycles. The second kappa shape index (κ2) is 6.95. The van der Waals surface area contributed by atoms with E-state index in [2.05, 4.69) is 22.2 Å². The monoisotopic (exact) mass is 295 g/mol. The smallest absolute Gasteiger partial charge is 0.0613 e. The largest absolute Gasteiger partial charge is 0.394 e. The summed E-state index contributed by atoms with van der Waals surface area (Å²) in [5.74, 6) is 0. The van der Waals surface area contributed by atoms with Crippen LogP contribution in [-0.2, 0) is 0 Å². The fourth-order valence-electron chi connectivity index (χ4n) is 4.18. The molecule has 122 valence electrons. The lowest BCUT2D eigenvalue weighted by Crippen LogP contribution is -2.56. The van der Waals surface area contributed by atoms with Crippen molar-refractivity contribution in [2.24, 2.45) is 0 Å². The lowest BCUT2D eigenvalue weighted by molar-refractivity contribution is 0.0651. The van der Waals surface area contributed by atoms with Gasteiger partial charge in [-0.05, 0) is 71.5 Å². The van der Waals surface area contributed by atoms with Gasteiger partial charge in [0.05, 0.1) is 6.61 Å². The van der Waals surface area contributed by atoms with Crippen molar-refractivity contribution in [1.82, 2.24) is 15.1 Å². The Balaban J connectivity index is 1.48. The summed E-state index contributed by atoms with van der Waals surface area (Å²) in [4.78, 5) is 5.15. The van der Waals surface area contributed by atoms with Crippen LogP contribution in [0.3, 0.4) is 0 Å². The molecule has 2 N–H and O–H groups in total. The zero-order valence-corrected chi connectivity index (χ0v) is 13.7. The van der Waals surface area contributed by atoms with Crippen molar-refractivity contribution in [3.8, 4) is 0 Å². The van der Waals surface area contributed by atoms with Crippen LogP contribution in [0.25, 0.3) is 0 Å². The van der Waals surface area contributed by atoms with Crippen molar-refractivity contribution in [3.05, 3.63) is 0 Å². The first-order valence-corrected chi connectivity index (χ1v) is 9.02. The number of hydrogen-bond donors (Lipinski definition) is 2. The van der Waals surface area contributed by atoms with Crippen LogP contribution in [0, 0.1) is 0 Å². The summed E-state index contributed by atoms with van der Waals surface area (Å²) in [6.07, 6.45) is 10.2. The zero-order valence-electron chi connectivity index (χ0n) is 13.7. The Kier molecular flexibility index (Phi) is 5.20. The Morgan fingerprint density at radius 1 is 1.19 bits per heavy atom. The molecule has 21 heavy (non-hydrogen) atoms. The zero-order chi connectivity index (χ0) is 14.7. The maximum atomic E-state index is 9.93. The van der Waals surface area contributed by atoms with Crippen molar-refractivity contribution >= 4 is 0 Å². The molecular formula is C17H33N3O. The van der Waals surface area contributed by atoms with E-state index in [1.807, 2.05) is 0 Å². The highest BCUT2D eigenvalue weighted by Crippen LogP contribution is 2.34. The minimum atomic E-state index is 0.00594. The van der Waals surface area contributed by atoms with Gasteiger partial charge >= 0.3 is 0 Å². The van der Waals surface area contributed by atoms with Crippen molar-refractivity contribution in [1.29, 1.82) is 0 Å². The van der Waals surface area contributed by atoms with E-state index in [1.165, 1.54) is 64.7 Å². The van der Waals surface area contributed by atoms with E-state index in [0.29, 0.717) is 18.7 Å². The second-order valence-electron chi connectivity index (χ2n) is 7.64. The quantitative estimate of drug-likeness (QED) is 0.745. The number of aliphatic hydroxyl groups is 1. The molecule has 1 saturated heterocycles. The van der Waals surface area contributed by atoms with E-state index in [4.69, 9.17) is 0 Å². The number of hydrogen-bond acceptors (Lipinski definition) is 4. The van der Waals surface area contributed by atoms with Gasteiger partial charge in [-0.2, -0.15) is 0 Å². The first-order chi connectivity index (χ1) is 10.2. The summed E-state index contributed by atoms with van der Waals surface area (Å²) in [6.45, 7) is 5.29. The van der Waals surface area contributed by atoms with Gasteiger partial charge in [0.2, 0.25) is 0 Å². The summed E-state index contributed by atoms with van der Waals surface area (Å²) >= 11 is 0. The van der Waals surface area contributed by atoms with Gasteiger partial charge in [-0.1, -0.05) is 0 Å². The molecule has 0 amide bonds. The van der Waals surface area contributed by atoms with Crippen LogP contribution in [0.15, 0.2) is 0 Å². The molecule has 2 atom stereocenters. The number of likely N-dealkylation sites (N-methyl/N-ethyl adjacent to an activating group) is 1. The van der Waals surface area contributed by atoms with Gasteiger partial charge in [-0.15, -0.1) is 0 Å². The standard InChI is InChI=1S/C17H33N3O/c1-19(11-12-20-9-2-3-10-20)16-5-4-8-17(13-16,14-21)18-15-6-7-15/h15-16,18,21H,2-14H2,1H3. The minimum absolute atomic E-state index is 0.00594. The highest BCUT2D eigenvalue weighted by Gasteiger charge is 2.40. The topological polar surface area (TPSA) is 38.7 Å². The third-order valence-electron chi connectivity index (χ3n) is 5.80. The average molecular weight is 295 g/mol. The highest BCUT2D eigenvalue weighted by molar-refractivity contribution is 5.00. The third-order valence-corrected chi connectivity index (χ3v) is 5.80. The first kappa shape index (κ1) is 15.7. The van der Waals surface area contributed by atoms with Gasteiger partial charge in [0.25, 0.3) is 0 Å². The Labute approximate surface area is 129 Å². The predicted octanol–water partition coefficient (Wildman–Crippen LogP) is 1.44. The Morgan fingerprint density at radius 3 is 2.62 bits per heavy atom. The average Bonchev–Trinajstić information content (AvgIpc) is 3.16. The summed E-state index contributed by atoms with van der Waals surface area (Å²) < 4.78 is 0. The van der Waals surface area contributed by atoms with Crippen LogP contribution in [0.5, 0.6) is 0 Å². The van der Waals surface area contributed by atoms with E-state index in [-0.39, 0.29) is 5.54 Å². The number of aliphatic hydroxyl groups excluding tert-OH is 1. The number of nitrogens with one attached hydrogen (secondary N) is 1. The maximum absolute atomic E-state index is 9.93. The van der Waals surface area contributed by atoms with Crippen LogP contribution in [0.4, 0.5) is 0 Å². The van der Waals surface area contributed by atoms with Gasteiger partial charge in [0.15, 0.2) is 0 Å². The van der Waals surface area contributed by atoms with E-state index < -0.39 is 0 Å². The molecule has 2 unspecified atom stereocenters. The maximum Gasteiger partial charge on any atom is 0.0613 e. The highest BCUT2D eigenvalue weighted by atomic mass is 16.3. The fourth-order valence-corrected chi connectivity index (χ4v) is 4.18. The molecular weight excluding hydrogens is 262 g/mol. The number of rotatable bonds is 7. The molecule has 3 rings (SSSR count). The van der Waals surface area contributed by atoms with Crippen LogP contribution >= 0.6 is 0 Å². The van der Waals surface area contributed by atoms with Crippen LogP contribution < -0.4 is 5.32 Å². The fraction of sp³-hybridized carbons (Fsp3) is 1.00. The molecule has 2 saturated carbocycles. The van der Waals surface area contributed by atoms with Crippen LogP contribution in [0.1, 0.15) is 51.4 Å². The molecule has 0 aromatic rings. The number of nitrogens with zero attached hydrogens (tertiary/aromatic N) is 2. The first-order valence-electron chi connectivity index (χ1n) is 9.02. The van der Waals surface area contributed by atoms with Crippen LogP contribution in [-0.4, -0.2) is 72.4 Å². The summed E-state index contributed by atoms with van der Waals surface area (Å²) in [5.41, 5.74) is 0.00594. The molecule has 1 aliphatic heterocycles. The summed E-state index contributed by atoms with van der Waals surface area (Å²) in [7, 11) is 2.28. The third kappa shape index (κ3) is 4.19. The number of likely N-dealkylation sites (tertiary alicyclic amines) is 1. The predicted molar refractivity (Wildman–Crippen MR) is 86.5 cm³/mol. The molecule has 0 spiro atoms. The van der Waals surface area contributed by atoms with Crippen molar-refractivity contribution < 1.29 is 5.11 Å². The minimum Gasteiger partial charge on any atom is -0.394 e.